The number of ether oxygens (including phenoxy) is 1. The number of rotatable bonds is 4. The van der Waals surface area contributed by atoms with Gasteiger partial charge < -0.3 is 10.1 Å². The number of methoxy groups -OCH3 is 1. The number of carbonyl (C=O) groups is 1. The Morgan fingerprint density at radius 1 is 1.56 bits per heavy atom. The number of hydrogen-bond acceptors (Lipinski definition) is 6. The maximum Gasteiger partial charge on any atom is 0.356 e. The first-order valence-electron chi connectivity index (χ1n) is 5.38. The predicted octanol–water partition coefficient (Wildman–Crippen LogP) is 2.25. The van der Waals surface area contributed by atoms with Gasteiger partial charge in [0.25, 0.3) is 0 Å². The number of nitrogens with one attached hydrogen (secondary N) is 1. The van der Waals surface area contributed by atoms with E-state index in [9.17, 15) is 4.79 Å². The highest BCUT2D eigenvalue weighted by molar-refractivity contribution is 7.09. The van der Waals surface area contributed by atoms with Crippen molar-refractivity contribution in [3.8, 4) is 0 Å². The number of thiazole rings is 1. The van der Waals surface area contributed by atoms with Crippen LogP contribution >= 0.6 is 11.3 Å². The van der Waals surface area contributed by atoms with Crippen molar-refractivity contribution in [2.24, 2.45) is 0 Å². The standard InChI is InChI=1S/C12H13N3O2S/c1-8-15-10(7-18-8)6-14-9-3-4-13-11(5-9)12(16)17-2/h3-5,7H,6H2,1-2H3,(H,13,14). The van der Waals surface area contributed by atoms with E-state index in [4.69, 9.17) is 0 Å². The molecule has 0 saturated carbocycles. The zero-order valence-corrected chi connectivity index (χ0v) is 11.0. The van der Waals surface area contributed by atoms with Gasteiger partial charge in [0.15, 0.2) is 0 Å². The maximum atomic E-state index is 11.3. The van der Waals surface area contributed by atoms with Crippen LogP contribution in [-0.4, -0.2) is 23.0 Å². The van der Waals surface area contributed by atoms with Gasteiger partial charge in [-0.15, -0.1) is 11.3 Å². The minimum atomic E-state index is -0.442. The topological polar surface area (TPSA) is 64.1 Å². The molecular formula is C12H13N3O2S. The van der Waals surface area contributed by atoms with Gasteiger partial charge in [0, 0.05) is 17.3 Å². The van der Waals surface area contributed by atoms with Crippen molar-refractivity contribution in [1.29, 1.82) is 0 Å². The Bertz CT molecular complexity index is 554. The summed E-state index contributed by atoms with van der Waals surface area (Å²) in [4.78, 5) is 19.6. The second-order valence-corrected chi connectivity index (χ2v) is 4.69. The molecule has 0 amide bonds. The largest absolute Gasteiger partial charge is 0.464 e. The molecule has 0 saturated heterocycles. The van der Waals surface area contributed by atoms with Crippen LogP contribution in [0.15, 0.2) is 23.7 Å². The van der Waals surface area contributed by atoms with Crippen molar-refractivity contribution in [1.82, 2.24) is 9.97 Å². The van der Waals surface area contributed by atoms with Gasteiger partial charge in [-0.1, -0.05) is 0 Å². The summed E-state index contributed by atoms with van der Waals surface area (Å²) < 4.78 is 4.62. The van der Waals surface area contributed by atoms with Crippen LogP contribution in [0.5, 0.6) is 0 Å². The molecular weight excluding hydrogens is 250 g/mol. The first kappa shape index (κ1) is 12.5. The molecule has 0 radical (unpaired) electrons. The van der Waals surface area contributed by atoms with Crippen molar-refractivity contribution >= 4 is 23.0 Å². The highest BCUT2D eigenvalue weighted by Gasteiger charge is 2.07. The molecule has 0 aliphatic heterocycles. The Labute approximate surface area is 109 Å². The van der Waals surface area contributed by atoms with Crippen molar-refractivity contribution < 1.29 is 9.53 Å². The summed E-state index contributed by atoms with van der Waals surface area (Å²) in [6.45, 7) is 2.59. The molecule has 5 nitrogen and oxygen atoms in total. The quantitative estimate of drug-likeness (QED) is 0.857. The van der Waals surface area contributed by atoms with Crippen LogP contribution in [0.1, 0.15) is 21.2 Å². The molecule has 2 heterocycles. The van der Waals surface area contributed by atoms with E-state index in [2.05, 4.69) is 20.0 Å². The summed E-state index contributed by atoms with van der Waals surface area (Å²) in [5.74, 6) is -0.442. The average molecular weight is 263 g/mol. The lowest BCUT2D eigenvalue weighted by Gasteiger charge is -2.05. The Hall–Kier alpha value is -1.95. The first-order chi connectivity index (χ1) is 8.69. The molecule has 0 aromatic carbocycles. The number of anilines is 1. The Kier molecular flexibility index (Phi) is 3.88. The van der Waals surface area contributed by atoms with Crippen molar-refractivity contribution in [2.75, 3.05) is 12.4 Å². The highest BCUT2D eigenvalue weighted by Crippen LogP contribution is 2.12. The van der Waals surface area contributed by atoms with E-state index in [0.717, 1.165) is 16.4 Å². The fourth-order valence-electron chi connectivity index (χ4n) is 1.44. The van der Waals surface area contributed by atoms with Crippen molar-refractivity contribution in [3.05, 3.63) is 40.1 Å². The molecule has 94 valence electrons. The van der Waals surface area contributed by atoms with E-state index in [1.165, 1.54) is 7.11 Å². The van der Waals surface area contributed by atoms with Crippen LogP contribution in [0.2, 0.25) is 0 Å². The van der Waals surface area contributed by atoms with Crippen LogP contribution in [0.3, 0.4) is 0 Å². The first-order valence-corrected chi connectivity index (χ1v) is 6.26. The van der Waals surface area contributed by atoms with Gasteiger partial charge in [-0.2, -0.15) is 0 Å². The summed E-state index contributed by atoms with van der Waals surface area (Å²) in [5.41, 5.74) is 2.09. The monoisotopic (exact) mass is 263 g/mol. The maximum absolute atomic E-state index is 11.3. The number of pyridine rings is 1. The summed E-state index contributed by atoms with van der Waals surface area (Å²) in [5, 5.41) is 6.23. The lowest BCUT2D eigenvalue weighted by atomic mass is 10.3. The smallest absolute Gasteiger partial charge is 0.356 e. The normalized spacial score (nSPS) is 10.1. The minimum absolute atomic E-state index is 0.289. The lowest BCUT2D eigenvalue weighted by Crippen LogP contribution is -2.06. The number of aryl methyl sites for hydroxylation is 1. The van der Waals surface area contributed by atoms with E-state index in [1.54, 1.807) is 29.7 Å². The molecule has 0 bridgehead atoms. The third kappa shape index (κ3) is 3.04. The van der Waals surface area contributed by atoms with Crippen molar-refractivity contribution in [3.63, 3.8) is 0 Å². The van der Waals surface area contributed by atoms with Crippen LogP contribution < -0.4 is 5.32 Å². The van der Waals surface area contributed by atoms with E-state index >= 15 is 0 Å². The van der Waals surface area contributed by atoms with E-state index in [-0.39, 0.29) is 5.69 Å². The van der Waals surface area contributed by atoms with Gasteiger partial charge in [0.2, 0.25) is 0 Å². The second kappa shape index (κ2) is 5.59. The molecule has 0 spiro atoms. The Balaban J connectivity index is 2.03. The number of hydrogen-bond donors (Lipinski definition) is 1. The van der Waals surface area contributed by atoms with Crippen LogP contribution in [0.4, 0.5) is 5.69 Å². The second-order valence-electron chi connectivity index (χ2n) is 3.63. The summed E-state index contributed by atoms with van der Waals surface area (Å²) in [7, 11) is 1.34. The van der Waals surface area contributed by atoms with Gasteiger partial charge in [-0.3, -0.25) is 0 Å². The van der Waals surface area contributed by atoms with Gasteiger partial charge in [0.1, 0.15) is 5.69 Å². The predicted molar refractivity (Wildman–Crippen MR) is 69.8 cm³/mol. The zero-order chi connectivity index (χ0) is 13.0. The zero-order valence-electron chi connectivity index (χ0n) is 10.1. The third-order valence-corrected chi connectivity index (χ3v) is 3.12. The molecule has 2 aromatic rings. The summed E-state index contributed by atoms with van der Waals surface area (Å²) in [6.07, 6.45) is 1.57. The Morgan fingerprint density at radius 2 is 2.39 bits per heavy atom. The number of aromatic nitrogens is 2. The molecule has 0 aliphatic rings. The number of esters is 1. The highest BCUT2D eigenvalue weighted by atomic mass is 32.1. The van der Waals surface area contributed by atoms with Gasteiger partial charge >= 0.3 is 5.97 Å². The van der Waals surface area contributed by atoms with Gasteiger partial charge in [-0.05, 0) is 19.1 Å². The molecule has 0 fully saturated rings. The minimum Gasteiger partial charge on any atom is -0.464 e. The molecule has 2 rings (SSSR count). The molecule has 0 atom stereocenters. The van der Waals surface area contributed by atoms with Crippen molar-refractivity contribution in [2.45, 2.75) is 13.5 Å². The molecule has 6 heteroatoms. The fraction of sp³-hybridized carbons (Fsp3) is 0.250. The summed E-state index contributed by atoms with van der Waals surface area (Å²) >= 11 is 1.61. The van der Waals surface area contributed by atoms with E-state index in [1.807, 2.05) is 12.3 Å². The average Bonchev–Trinajstić information content (AvgIpc) is 2.81. The molecule has 18 heavy (non-hydrogen) atoms. The molecule has 0 aliphatic carbocycles. The molecule has 1 N–H and O–H groups in total. The Morgan fingerprint density at radius 3 is 3.06 bits per heavy atom. The third-order valence-electron chi connectivity index (χ3n) is 2.29. The van der Waals surface area contributed by atoms with Crippen LogP contribution in [-0.2, 0) is 11.3 Å². The van der Waals surface area contributed by atoms with E-state index < -0.39 is 5.97 Å². The number of carbonyl (C=O) groups excluding carboxylic acids is 1. The molecule has 0 unspecified atom stereocenters. The SMILES string of the molecule is COC(=O)c1cc(NCc2csc(C)n2)ccn1. The van der Waals surface area contributed by atoms with E-state index in [0.29, 0.717) is 6.54 Å². The van der Waals surface area contributed by atoms with Crippen LogP contribution in [0.25, 0.3) is 0 Å². The van der Waals surface area contributed by atoms with Crippen LogP contribution in [0, 0.1) is 6.92 Å². The van der Waals surface area contributed by atoms with Gasteiger partial charge in [0.05, 0.1) is 24.4 Å². The lowest BCUT2D eigenvalue weighted by molar-refractivity contribution is 0.0594. The molecule has 2 aromatic heterocycles. The number of nitrogens with zero attached hydrogens (tertiary/aromatic N) is 2. The van der Waals surface area contributed by atoms with Gasteiger partial charge in [-0.25, -0.2) is 14.8 Å². The fourth-order valence-corrected chi connectivity index (χ4v) is 2.05. The summed E-state index contributed by atoms with van der Waals surface area (Å²) in [6, 6.07) is 3.46.